The first-order valence-electron chi connectivity index (χ1n) is 13.5. The van der Waals surface area contributed by atoms with E-state index < -0.39 is 47.7 Å². The number of rotatable bonds is 12. The van der Waals surface area contributed by atoms with Crippen molar-refractivity contribution in [3.8, 4) is 0 Å². The van der Waals surface area contributed by atoms with Crippen LogP contribution in [0.5, 0.6) is 0 Å². The molecule has 0 saturated heterocycles. The van der Waals surface area contributed by atoms with E-state index in [9.17, 15) is 26.4 Å². The first-order chi connectivity index (χ1) is 20.8. The zero-order valence-electron chi connectivity index (χ0n) is 24.9. The number of aromatic nitrogens is 2. The van der Waals surface area contributed by atoms with E-state index in [1.807, 2.05) is 0 Å². The molecule has 0 aliphatic heterocycles. The van der Waals surface area contributed by atoms with Crippen LogP contribution in [0.3, 0.4) is 0 Å². The summed E-state index contributed by atoms with van der Waals surface area (Å²) in [5.41, 5.74) is 0.382. The van der Waals surface area contributed by atoms with Crippen LogP contribution < -0.4 is 10.0 Å². The van der Waals surface area contributed by atoms with Crippen molar-refractivity contribution in [2.45, 2.75) is 50.3 Å². The van der Waals surface area contributed by atoms with Crippen molar-refractivity contribution in [3.05, 3.63) is 77.1 Å². The maximum Gasteiger partial charge on any atom is 0.421 e. The van der Waals surface area contributed by atoms with Gasteiger partial charge in [-0.1, -0.05) is 38.1 Å². The summed E-state index contributed by atoms with van der Waals surface area (Å²) in [4.78, 5) is 38.0. The summed E-state index contributed by atoms with van der Waals surface area (Å²) in [6, 6.07) is 12.1. The zero-order chi connectivity index (χ0) is 32.5. The molecule has 2 N–H and O–H groups in total. The van der Waals surface area contributed by atoms with Crippen LogP contribution in [0.1, 0.15) is 58.8 Å². The topological polar surface area (TPSA) is 183 Å². The van der Waals surface area contributed by atoms with Gasteiger partial charge in [0.05, 0.1) is 24.3 Å². The smallest absolute Gasteiger partial charge is 0.421 e. The highest BCUT2D eigenvalue weighted by Crippen LogP contribution is 2.21. The van der Waals surface area contributed by atoms with E-state index in [1.54, 1.807) is 33.8 Å². The van der Waals surface area contributed by atoms with Crippen molar-refractivity contribution in [2.75, 3.05) is 25.6 Å². The molecular formula is C28H34N5O9S2+. The fourth-order valence-corrected chi connectivity index (χ4v) is 6.49. The number of aryl methyl sites for hydroxylation is 2. The predicted molar refractivity (Wildman–Crippen MR) is 159 cm³/mol. The molecule has 3 aromatic rings. The summed E-state index contributed by atoms with van der Waals surface area (Å²) in [5.74, 6) is -2.76. The average molecular weight is 649 g/mol. The fraction of sp³-hybridized carbons (Fsp3) is 0.321. The predicted octanol–water partition coefficient (Wildman–Crippen LogP) is 2.94. The molecule has 0 fully saturated rings. The summed E-state index contributed by atoms with van der Waals surface area (Å²) in [6.45, 7) is 6.97. The van der Waals surface area contributed by atoms with Crippen molar-refractivity contribution in [3.63, 3.8) is 0 Å². The number of carbonyl (C=O) groups excluding carboxylic acids is 2. The molecule has 14 nitrogen and oxygen atoms in total. The summed E-state index contributed by atoms with van der Waals surface area (Å²) in [7, 11) is -8.59. The van der Waals surface area contributed by atoms with E-state index in [-0.39, 0.29) is 34.4 Å². The van der Waals surface area contributed by atoms with Gasteiger partial charge in [-0.25, -0.2) is 24.9 Å². The van der Waals surface area contributed by atoms with Gasteiger partial charge in [0.2, 0.25) is 0 Å². The molecule has 0 aliphatic rings. The number of benzene rings is 2. The Morgan fingerprint density at radius 3 is 1.77 bits per heavy atom. The summed E-state index contributed by atoms with van der Waals surface area (Å²) in [5, 5.41) is 2.57. The largest absolute Gasteiger partial charge is 0.462 e. The fourth-order valence-electron chi connectivity index (χ4n) is 3.85. The first-order valence-corrected chi connectivity index (χ1v) is 16.4. The van der Waals surface area contributed by atoms with Gasteiger partial charge in [0.1, 0.15) is 16.9 Å². The van der Waals surface area contributed by atoms with Gasteiger partial charge in [-0.2, -0.15) is 21.6 Å². The van der Waals surface area contributed by atoms with Gasteiger partial charge in [-0.05, 0) is 57.0 Å². The van der Waals surface area contributed by atoms with Crippen molar-refractivity contribution >= 4 is 43.9 Å². The Labute approximate surface area is 256 Å². The molecule has 1 heterocycles. The van der Waals surface area contributed by atoms with Crippen LogP contribution in [0.2, 0.25) is 0 Å². The van der Waals surface area contributed by atoms with Crippen LogP contribution in [0.15, 0.2) is 64.4 Å². The molecule has 0 saturated carbocycles. The third-order valence-electron chi connectivity index (χ3n) is 5.67. The molecule has 44 heavy (non-hydrogen) atoms. The van der Waals surface area contributed by atoms with Crippen LogP contribution in [0.4, 0.5) is 5.95 Å². The number of ether oxygens (including phenoxy) is 2. The highest BCUT2D eigenvalue weighted by atomic mass is 32.2. The van der Waals surface area contributed by atoms with Crippen LogP contribution >= 0.6 is 0 Å². The Kier molecular flexibility index (Phi) is 11.4. The third-order valence-corrected chi connectivity index (χ3v) is 8.74. The molecule has 0 unspecified atom stereocenters. The molecule has 16 heteroatoms. The summed E-state index contributed by atoms with van der Waals surface area (Å²) < 4.78 is 68.3. The normalized spacial score (nSPS) is 12.1. The molecule has 236 valence electrons. The van der Waals surface area contributed by atoms with Gasteiger partial charge in [-0.15, -0.1) is 0 Å². The number of hydrogen-bond acceptors (Lipinski definition) is 11. The van der Waals surface area contributed by atoms with Crippen LogP contribution in [0, 0.1) is 13.8 Å². The van der Waals surface area contributed by atoms with Crippen LogP contribution in [-0.2, 0) is 34.4 Å². The van der Waals surface area contributed by atoms with E-state index >= 15 is 0 Å². The minimum atomic E-state index is -4.85. The number of nitrogens with zero attached hydrogens (tertiary/aromatic N) is 3. The van der Waals surface area contributed by atoms with E-state index in [4.69, 9.17) is 14.3 Å². The Balaban J connectivity index is 2.25. The Bertz CT molecular complexity index is 1760. The lowest BCUT2D eigenvalue weighted by atomic mass is 10.2. The maximum absolute atomic E-state index is 14.0. The lowest BCUT2D eigenvalue weighted by molar-refractivity contribution is -0.667. The second-order valence-electron chi connectivity index (χ2n) is 9.23. The highest BCUT2D eigenvalue weighted by molar-refractivity contribution is 7.90. The van der Waals surface area contributed by atoms with Crippen molar-refractivity contribution in [1.82, 2.24) is 14.7 Å². The molecule has 2 aromatic carbocycles. The van der Waals surface area contributed by atoms with E-state index in [0.717, 1.165) is 19.2 Å². The number of hydrogen-bond donors (Lipinski definition) is 2. The monoisotopic (exact) mass is 648 g/mol. The molecule has 3 rings (SSSR count). The quantitative estimate of drug-likeness (QED) is 0.0964. The van der Waals surface area contributed by atoms with Gasteiger partial charge >= 0.3 is 37.9 Å². The van der Waals surface area contributed by atoms with E-state index in [0.29, 0.717) is 24.2 Å². The number of anilines is 1. The second kappa shape index (κ2) is 14.7. The molecule has 0 atom stereocenters. The Hall–Kier alpha value is -4.57. The molecular weight excluding hydrogens is 614 g/mol. The van der Waals surface area contributed by atoms with E-state index in [1.165, 1.54) is 36.4 Å². The summed E-state index contributed by atoms with van der Waals surface area (Å²) >= 11 is 0. The van der Waals surface area contributed by atoms with Gasteiger partial charge in [0.25, 0.3) is 5.95 Å². The third kappa shape index (κ3) is 8.08. The molecule has 0 amide bonds. The van der Waals surface area contributed by atoms with Gasteiger partial charge in [0.15, 0.2) is 0 Å². The molecule has 0 spiro atoms. The number of sulfonamides is 2. The molecule has 0 bridgehead atoms. The number of esters is 2. The zero-order valence-corrected chi connectivity index (χ0v) is 26.5. The number of guanidine groups is 1. The number of carbonyl (C=O) groups is 2. The molecule has 1 aromatic heterocycles. The maximum atomic E-state index is 14.0. The van der Waals surface area contributed by atoms with Gasteiger partial charge < -0.3 is 14.3 Å². The minimum Gasteiger partial charge on any atom is -0.462 e. The minimum absolute atomic E-state index is 0.0457. The van der Waals surface area contributed by atoms with Crippen molar-refractivity contribution in [2.24, 2.45) is 0 Å². The lowest BCUT2D eigenvalue weighted by Gasteiger charge is -2.15. The number of nitrogens with one attached hydrogen (secondary N) is 2. The van der Waals surface area contributed by atoms with E-state index in [2.05, 4.69) is 20.0 Å². The SMILES string of the molecule is CCCOC(=O)c1ccccc1S(=O)(=O)NC(Nc1nc(C)cc(C)n1)=[N+](OC)S(=O)(=O)c1ccccc1C(=O)OCCC. The Morgan fingerprint density at radius 2 is 1.27 bits per heavy atom. The van der Waals surface area contributed by atoms with Crippen LogP contribution in [0.25, 0.3) is 0 Å². The average Bonchev–Trinajstić information content (AvgIpc) is 2.98. The second-order valence-corrected chi connectivity index (χ2v) is 12.6. The van der Waals surface area contributed by atoms with Crippen molar-refractivity contribution in [1.29, 1.82) is 0 Å². The highest BCUT2D eigenvalue weighted by Gasteiger charge is 2.37. The van der Waals surface area contributed by atoms with Crippen molar-refractivity contribution < 1.29 is 44.9 Å². The van der Waals surface area contributed by atoms with Gasteiger partial charge in [0, 0.05) is 15.5 Å². The molecule has 0 radical (unpaired) electrons. The first kappa shape index (κ1) is 33.9. The lowest BCUT2D eigenvalue weighted by Crippen LogP contribution is -2.45. The Morgan fingerprint density at radius 1 is 0.795 bits per heavy atom. The standard InChI is InChI=1S/C28H33N5O9S2/c1-6-16-41-25(34)21-12-8-10-14-23(21)43(36,37)32-28(31-27-29-19(3)18-20(4)30-27)33(40-5)44(38,39)24-15-11-9-13-22(24)26(35)42-17-7-2/h8-15,18H,6-7,16-17H2,1-5H3,(H,29,30,31,32)/p+1. The van der Waals surface area contributed by atoms with Gasteiger partial charge in [-0.3, -0.25) is 0 Å². The van der Waals surface area contributed by atoms with Crippen LogP contribution in [-0.4, -0.2) is 69.2 Å². The molecule has 0 aliphatic carbocycles. The summed E-state index contributed by atoms with van der Waals surface area (Å²) in [6.07, 6.45) is 1.00.